The maximum atomic E-state index is 14.2. The van der Waals surface area contributed by atoms with Gasteiger partial charge in [-0.25, -0.2) is 14.8 Å². The van der Waals surface area contributed by atoms with E-state index in [-0.39, 0.29) is 17.9 Å². The summed E-state index contributed by atoms with van der Waals surface area (Å²) < 4.78 is 17.3. The van der Waals surface area contributed by atoms with Crippen molar-refractivity contribution in [3.05, 3.63) is 65.9 Å². The number of aromatic nitrogens is 4. The number of methoxy groups -OCH3 is 1. The SMILES string of the molecule is CCO[C@@H]1CN(C(=O)[C@@H](NC(=O)OC)C(C)C)[C@](C)(c2nc3ccc4cc5c(cc4c3[nH]2)OCc2cc(-c3cnc([C@@H]4CCCN4)[nH]3)ccc2-5)C1. The Labute approximate surface area is 296 Å². The van der Waals surface area contributed by atoms with E-state index < -0.39 is 17.7 Å². The second kappa shape index (κ2) is 13.0. The summed E-state index contributed by atoms with van der Waals surface area (Å²) in [5.74, 6) is 2.12. The molecular formula is C39H45N7O5. The summed E-state index contributed by atoms with van der Waals surface area (Å²) in [5, 5.41) is 8.30. The van der Waals surface area contributed by atoms with Gasteiger partial charge in [-0.1, -0.05) is 32.0 Å². The molecule has 8 rings (SSSR count). The van der Waals surface area contributed by atoms with Crippen LogP contribution in [0.2, 0.25) is 0 Å². The minimum Gasteiger partial charge on any atom is -0.488 e. The highest BCUT2D eigenvalue weighted by Crippen LogP contribution is 2.44. The lowest BCUT2D eigenvalue weighted by Gasteiger charge is -2.36. The van der Waals surface area contributed by atoms with E-state index in [1.165, 1.54) is 13.5 Å². The number of imidazole rings is 2. The van der Waals surface area contributed by atoms with Crippen molar-refractivity contribution in [2.75, 3.05) is 26.8 Å². The zero-order valence-corrected chi connectivity index (χ0v) is 29.8. The van der Waals surface area contributed by atoms with E-state index in [4.69, 9.17) is 19.2 Å². The fourth-order valence-electron chi connectivity index (χ4n) is 8.09. The minimum atomic E-state index is -0.808. The molecule has 0 saturated carbocycles. The Morgan fingerprint density at radius 3 is 2.76 bits per heavy atom. The fraction of sp³-hybridized carbons (Fsp3) is 0.436. The van der Waals surface area contributed by atoms with Crippen LogP contribution in [-0.2, 0) is 26.4 Å². The van der Waals surface area contributed by atoms with Gasteiger partial charge >= 0.3 is 6.09 Å². The van der Waals surface area contributed by atoms with E-state index in [0.29, 0.717) is 38.0 Å². The van der Waals surface area contributed by atoms with Crippen LogP contribution in [0.1, 0.15) is 70.2 Å². The molecule has 5 heterocycles. The van der Waals surface area contributed by atoms with Gasteiger partial charge in [0.25, 0.3) is 0 Å². The van der Waals surface area contributed by atoms with Crippen LogP contribution in [0.3, 0.4) is 0 Å². The molecule has 51 heavy (non-hydrogen) atoms. The number of hydrogen-bond donors (Lipinski definition) is 4. The molecule has 0 unspecified atom stereocenters. The van der Waals surface area contributed by atoms with Crippen molar-refractivity contribution in [2.45, 2.75) is 77.3 Å². The maximum absolute atomic E-state index is 14.2. The summed E-state index contributed by atoms with van der Waals surface area (Å²) in [4.78, 5) is 45.1. The zero-order valence-electron chi connectivity index (χ0n) is 29.8. The van der Waals surface area contributed by atoms with Crippen molar-refractivity contribution < 1.29 is 23.8 Å². The molecule has 2 amide bonds. The number of likely N-dealkylation sites (tertiary alicyclic amines) is 1. The number of rotatable bonds is 8. The average molecular weight is 692 g/mol. The van der Waals surface area contributed by atoms with E-state index in [0.717, 1.165) is 74.3 Å². The van der Waals surface area contributed by atoms with Crippen LogP contribution in [0, 0.1) is 5.92 Å². The van der Waals surface area contributed by atoms with Crippen molar-refractivity contribution in [1.82, 2.24) is 35.5 Å². The molecule has 3 aliphatic rings. The molecule has 2 aromatic heterocycles. The lowest BCUT2D eigenvalue weighted by atomic mass is 9.92. The maximum Gasteiger partial charge on any atom is 0.407 e. The summed E-state index contributed by atoms with van der Waals surface area (Å²) in [7, 11) is 1.30. The summed E-state index contributed by atoms with van der Waals surface area (Å²) >= 11 is 0. The number of carbonyl (C=O) groups is 2. The molecule has 5 aromatic rings. The predicted octanol–water partition coefficient (Wildman–Crippen LogP) is 6.32. The van der Waals surface area contributed by atoms with E-state index in [1.54, 1.807) is 4.90 Å². The number of hydrogen-bond acceptors (Lipinski definition) is 8. The Hall–Kier alpha value is -4.94. The third-order valence-corrected chi connectivity index (χ3v) is 10.8. The van der Waals surface area contributed by atoms with Crippen LogP contribution in [0.15, 0.2) is 48.7 Å². The average Bonchev–Trinajstić information content (AvgIpc) is 3.95. The van der Waals surface area contributed by atoms with Crippen molar-refractivity contribution in [3.63, 3.8) is 0 Å². The van der Waals surface area contributed by atoms with Crippen LogP contribution in [0.4, 0.5) is 4.79 Å². The Bertz CT molecular complexity index is 2130. The van der Waals surface area contributed by atoms with Gasteiger partial charge in [-0.15, -0.1) is 0 Å². The second-order valence-corrected chi connectivity index (χ2v) is 14.5. The van der Waals surface area contributed by atoms with Crippen molar-refractivity contribution in [3.8, 4) is 28.1 Å². The molecule has 4 atom stereocenters. The molecular weight excluding hydrogens is 646 g/mol. The van der Waals surface area contributed by atoms with E-state index >= 15 is 0 Å². The van der Waals surface area contributed by atoms with Crippen molar-refractivity contribution >= 4 is 33.8 Å². The molecule has 12 nitrogen and oxygen atoms in total. The number of fused-ring (bicyclic) bond motifs is 6. The van der Waals surface area contributed by atoms with Gasteiger partial charge in [0, 0.05) is 30.5 Å². The van der Waals surface area contributed by atoms with Crippen LogP contribution < -0.4 is 15.4 Å². The van der Waals surface area contributed by atoms with Crippen LogP contribution >= 0.6 is 0 Å². The lowest BCUT2D eigenvalue weighted by Crippen LogP contribution is -2.55. The number of nitrogens with zero attached hydrogens (tertiary/aromatic N) is 3. The number of H-pyrrole nitrogens is 2. The van der Waals surface area contributed by atoms with Gasteiger partial charge in [0.2, 0.25) is 5.91 Å². The van der Waals surface area contributed by atoms with Gasteiger partial charge in [-0.3, -0.25) is 4.79 Å². The first-order chi connectivity index (χ1) is 24.7. The zero-order chi connectivity index (χ0) is 35.4. The Kier molecular flexibility index (Phi) is 8.46. The lowest BCUT2D eigenvalue weighted by molar-refractivity contribution is -0.139. The van der Waals surface area contributed by atoms with Crippen LogP contribution in [-0.4, -0.2) is 75.8 Å². The molecule has 2 saturated heterocycles. The smallest absolute Gasteiger partial charge is 0.407 e. The molecule has 0 radical (unpaired) electrons. The molecule has 3 aromatic carbocycles. The van der Waals surface area contributed by atoms with Gasteiger partial charge in [-0.05, 0) is 85.5 Å². The third kappa shape index (κ3) is 5.80. The summed E-state index contributed by atoms with van der Waals surface area (Å²) in [6, 6.07) is 14.4. The molecule has 266 valence electrons. The van der Waals surface area contributed by atoms with E-state index in [9.17, 15) is 9.59 Å². The third-order valence-electron chi connectivity index (χ3n) is 10.8. The Morgan fingerprint density at radius 2 is 2.00 bits per heavy atom. The van der Waals surface area contributed by atoms with Gasteiger partial charge in [0.15, 0.2) is 0 Å². The Morgan fingerprint density at radius 1 is 1.14 bits per heavy atom. The normalized spacial score (nSPS) is 21.9. The number of carbonyl (C=O) groups excluding carboxylic acids is 2. The first-order valence-corrected chi connectivity index (χ1v) is 18.0. The van der Waals surface area contributed by atoms with E-state index in [2.05, 4.69) is 62.0 Å². The largest absolute Gasteiger partial charge is 0.488 e. The van der Waals surface area contributed by atoms with Crippen molar-refractivity contribution in [1.29, 1.82) is 0 Å². The van der Waals surface area contributed by atoms with Crippen LogP contribution in [0.5, 0.6) is 5.75 Å². The summed E-state index contributed by atoms with van der Waals surface area (Å²) in [5.41, 5.74) is 6.29. The molecule has 0 bridgehead atoms. The van der Waals surface area contributed by atoms with Gasteiger partial charge in [-0.2, -0.15) is 0 Å². The highest BCUT2D eigenvalue weighted by molar-refractivity contribution is 6.07. The first kappa shape index (κ1) is 33.2. The second-order valence-electron chi connectivity index (χ2n) is 14.5. The number of nitrogens with one attached hydrogen (secondary N) is 4. The quantitative estimate of drug-likeness (QED) is 0.148. The minimum absolute atomic E-state index is 0.160. The van der Waals surface area contributed by atoms with Crippen LogP contribution in [0.25, 0.3) is 44.2 Å². The van der Waals surface area contributed by atoms with E-state index in [1.807, 2.05) is 40.0 Å². The molecule has 4 N–H and O–H groups in total. The monoisotopic (exact) mass is 691 g/mol. The van der Waals surface area contributed by atoms with Crippen molar-refractivity contribution in [2.24, 2.45) is 5.92 Å². The highest BCUT2D eigenvalue weighted by atomic mass is 16.5. The van der Waals surface area contributed by atoms with Gasteiger partial charge in [0.1, 0.15) is 35.6 Å². The topological polar surface area (TPSA) is 146 Å². The Balaban J connectivity index is 1.13. The number of benzene rings is 3. The molecule has 0 spiro atoms. The van der Waals surface area contributed by atoms with Gasteiger partial charge < -0.3 is 39.7 Å². The number of alkyl carbamates (subject to hydrolysis) is 1. The first-order valence-electron chi connectivity index (χ1n) is 18.0. The molecule has 3 aliphatic heterocycles. The number of ether oxygens (including phenoxy) is 3. The number of aromatic amines is 2. The van der Waals surface area contributed by atoms with Gasteiger partial charge in [0.05, 0.1) is 42.2 Å². The fourth-order valence-corrected chi connectivity index (χ4v) is 8.09. The highest BCUT2D eigenvalue weighted by Gasteiger charge is 2.50. The molecule has 2 fully saturated rings. The predicted molar refractivity (Wildman–Crippen MR) is 194 cm³/mol. The standard InChI is InChI=1S/C39H45N7O5/c1-6-50-25-17-39(4,46(19-25)36(47)33(21(2)3)45-38(48)49-5)37-43-29-12-10-22-15-28-26-11-9-23(31-18-41-35(42-31)30-8-7-13-40-30)14-24(26)20-51-32(28)16-27(22)34(29)44-37/h9-12,14-16,18,21,25,30,33,40H,6-8,13,17,19-20H2,1-5H3,(H,41,42)(H,43,44)(H,45,48)/t25-,30-,33-,39-/m0/s1. The summed E-state index contributed by atoms with van der Waals surface area (Å²) in [6.45, 7) is 10.2. The number of amides is 2. The summed E-state index contributed by atoms with van der Waals surface area (Å²) in [6.07, 6.45) is 3.93. The molecule has 12 heteroatoms. The molecule has 0 aliphatic carbocycles.